The summed E-state index contributed by atoms with van der Waals surface area (Å²) in [5.41, 5.74) is 2.22. The van der Waals surface area contributed by atoms with Crippen LogP contribution in [0.2, 0.25) is 0 Å². The van der Waals surface area contributed by atoms with Crippen molar-refractivity contribution in [3.05, 3.63) is 66.8 Å². The fourth-order valence-corrected chi connectivity index (χ4v) is 0.943. The summed E-state index contributed by atoms with van der Waals surface area (Å²) >= 11 is 0. The summed E-state index contributed by atoms with van der Waals surface area (Å²) in [6.07, 6.45) is 5.62. The molecule has 84 valence electrons. The Morgan fingerprint density at radius 3 is 1.73 bits per heavy atom. The van der Waals surface area contributed by atoms with E-state index >= 15 is 0 Å². The van der Waals surface area contributed by atoms with Crippen molar-refractivity contribution in [2.45, 2.75) is 0 Å². The molecule has 0 bridgehead atoms. The van der Waals surface area contributed by atoms with E-state index < -0.39 is 0 Å². The molecule has 1 aromatic rings. The molecule has 0 fully saturated rings. The summed E-state index contributed by atoms with van der Waals surface area (Å²) < 4.78 is 0. The van der Waals surface area contributed by atoms with Gasteiger partial charge in [-0.1, -0.05) is 55.6 Å². The van der Waals surface area contributed by atoms with E-state index in [2.05, 4.69) is 13.2 Å². The summed E-state index contributed by atoms with van der Waals surface area (Å²) in [4.78, 5) is 0. The van der Waals surface area contributed by atoms with E-state index in [-0.39, 0.29) is 71.9 Å². The number of halogens is 3. The molecule has 0 nitrogen and oxygen atoms in total. The second-order valence-electron chi connectivity index (χ2n) is 2.46. The van der Waals surface area contributed by atoms with Crippen LogP contribution in [0.25, 0.3) is 6.08 Å². The number of allylic oxidation sites excluding steroid dienone is 3. The zero-order chi connectivity index (χ0) is 8.81. The minimum Gasteiger partial charge on any atom is -0.107 e. The minimum atomic E-state index is 0. The largest absolute Gasteiger partial charge is 0.107 e. The summed E-state index contributed by atoms with van der Waals surface area (Å²) in [7, 11) is 0. The molecule has 1 rings (SSSR count). The maximum atomic E-state index is 3.69. The Kier molecular flexibility index (Phi) is 17.8. The van der Waals surface area contributed by atoms with Crippen LogP contribution in [0, 0.1) is 0 Å². The van der Waals surface area contributed by atoms with E-state index in [1.54, 1.807) is 12.2 Å². The van der Waals surface area contributed by atoms with Crippen molar-refractivity contribution in [3.8, 4) is 0 Å². The van der Waals surface area contributed by atoms with Gasteiger partial charge in [-0.25, -0.2) is 0 Å². The SMILES string of the molecule is C=CC(C=C)=Cc1ccccc1.I.I.I. The van der Waals surface area contributed by atoms with Gasteiger partial charge in [-0.05, 0) is 17.2 Å². The third kappa shape index (κ3) is 8.44. The van der Waals surface area contributed by atoms with Gasteiger partial charge in [0.25, 0.3) is 0 Å². The molecule has 0 radical (unpaired) electrons. The molecule has 0 heterocycles. The van der Waals surface area contributed by atoms with Gasteiger partial charge in [-0.3, -0.25) is 0 Å². The molecule has 0 saturated heterocycles. The third-order valence-corrected chi connectivity index (χ3v) is 1.60. The van der Waals surface area contributed by atoms with Crippen LogP contribution in [0.5, 0.6) is 0 Å². The van der Waals surface area contributed by atoms with Gasteiger partial charge < -0.3 is 0 Å². The van der Waals surface area contributed by atoms with Crippen LogP contribution in [0.15, 0.2) is 61.2 Å². The van der Waals surface area contributed by atoms with Gasteiger partial charge in [0, 0.05) is 0 Å². The summed E-state index contributed by atoms with van der Waals surface area (Å²) in [6, 6.07) is 10.1. The maximum Gasteiger partial charge on any atom is -0.0251 e. The fraction of sp³-hybridized carbons (Fsp3) is 0. The molecule has 0 aliphatic heterocycles. The highest BCUT2D eigenvalue weighted by Gasteiger charge is 1.85. The molecule has 0 amide bonds. The molecule has 3 heteroatoms. The molecule has 0 saturated carbocycles. The highest BCUT2D eigenvalue weighted by molar-refractivity contribution is 14.0. The van der Waals surface area contributed by atoms with Crippen molar-refractivity contribution in [2.24, 2.45) is 0 Å². The van der Waals surface area contributed by atoms with Gasteiger partial charge in [0.2, 0.25) is 0 Å². The average molecular weight is 540 g/mol. The standard InChI is InChI=1S/C12H12.3HI/c1-3-11(4-2)10-12-8-6-5-7-9-12;;;/h3-10H,1-2H2;3*1H. The molecule has 0 spiro atoms. The smallest absolute Gasteiger partial charge is 0.0251 e. The van der Waals surface area contributed by atoms with E-state index in [4.69, 9.17) is 0 Å². The lowest BCUT2D eigenvalue weighted by molar-refractivity contribution is 1.64. The Morgan fingerprint density at radius 2 is 1.33 bits per heavy atom. The predicted octanol–water partition coefficient (Wildman–Crippen LogP) is 5.30. The lowest BCUT2D eigenvalue weighted by Gasteiger charge is -1.93. The monoisotopic (exact) mass is 540 g/mol. The van der Waals surface area contributed by atoms with Crippen LogP contribution >= 0.6 is 71.9 Å². The number of benzene rings is 1. The molecule has 0 aliphatic carbocycles. The van der Waals surface area contributed by atoms with Gasteiger partial charge in [-0.15, -0.1) is 71.9 Å². The van der Waals surface area contributed by atoms with Gasteiger partial charge in [0.1, 0.15) is 0 Å². The zero-order valence-electron chi connectivity index (χ0n) is 8.26. The van der Waals surface area contributed by atoms with Crippen molar-refractivity contribution in [1.29, 1.82) is 0 Å². The molecule has 0 aliphatic rings. The van der Waals surface area contributed by atoms with Crippen molar-refractivity contribution in [2.75, 3.05) is 0 Å². The van der Waals surface area contributed by atoms with Crippen molar-refractivity contribution < 1.29 is 0 Å². The van der Waals surface area contributed by atoms with E-state index in [0.717, 1.165) is 5.57 Å². The second kappa shape index (κ2) is 12.7. The summed E-state index contributed by atoms with van der Waals surface area (Å²) in [5, 5.41) is 0. The first-order valence-corrected chi connectivity index (χ1v) is 3.88. The lowest BCUT2D eigenvalue weighted by Crippen LogP contribution is -1.72. The molecule has 15 heavy (non-hydrogen) atoms. The molecule has 0 unspecified atom stereocenters. The van der Waals surface area contributed by atoms with Gasteiger partial charge in [-0.2, -0.15) is 0 Å². The van der Waals surface area contributed by atoms with Crippen molar-refractivity contribution in [1.82, 2.24) is 0 Å². The fourth-order valence-electron chi connectivity index (χ4n) is 0.943. The Morgan fingerprint density at radius 1 is 0.867 bits per heavy atom. The second-order valence-corrected chi connectivity index (χ2v) is 2.46. The number of rotatable bonds is 3. The molecular formula is C12H15I3. The van der Waals surface area contributed by atoms with Gasteiger partial charge in [0.15, 0.2) is 0 Å². The Labute approximate surface area is 143 Å². The van der Waals surface area contributed by atoms with Crippen LogP contribution in [0.4, 0.5) is 0 Å². The average Bonchev–Trinajstić information content (AvgIpc) is 2.16. The molecule has 1 aromatic carbocycles. The normalized spacial score (nSPS) is 6.93. The Hall–Kier alpha value is 0.630. The Balaban J connectivity index is -0.000000480. The summed E-state index contributed by atoms with van der Waals surface area (Å²) in [6.45, 7) is 7.38. The first kappa shape index (κ1) is 21.0. The van der Waals surface area contributed by atoms with E-state index in [9.17, 15) is 0 Å². The predicted molar refractivity (Wildman–Crippen MR) is 101 cm³/mol. The van der Waals surface area contributed by atoms with Crippen LogP contribution in [0.3, 0.4) is 0 Å². The van der Waals surface area contributed by atoms with Crippen LogP contribution in [-0.4, -0.2) is 0 Å². The van der Waals surface area contributed by atoms with Crippen LogP contribution < -0.4 is 0 Å². The number of hydrogen-bond acceptors (Lipinski definition) is 0. The highest BCUT2D eigenvalue weighted by Crippen LogP contribution is 2.07. The Bertz CT molecular complexity index is 292. The topological polar surface area (TPSA) is 0 Å². The quantitative estimate of drug-likeness (QED) is 0.361. The first-order valence-electron chi connectivity index (χ1n) is 3.88. The van der Waals surface area contributed by atoms with Crippen LogP contribution in [-0.2, 0) is 0 Å². The van der Waals surface area contributed by atoms with Gasteiger partial charge >= 0.3 is 0 Å². The van der Waals surface area contributed by atoms with Gasteiger partial charge in [0.05, 0.1) is 0 Å². The molecule has 0 aromatic heterocycles. The van der Waals surface area contributed by atoms with Crippen molar-refractivity contribution in [3.63, 3.8) is 0 Å². The third-order valence-electron chi connectivity index (χ3n) is 1.60. The first-order chi connectivity index (χ1) is 5.86. The maximum absolute atomic E-state index is 3.69. The molecular weight excluding hydrogens is 525 g/mol. The summed E-state index contributed by atoms with van der Waals surface area (Å²) in [5.74, 6) is 0. The molecule has 0 atom stereocenters. The van der Waals surface area contributed by atoms with E-state index in [1.807, 2.05) is 36.4 Å². The minimum absolute atomic E-state index is 0. The van der Waals surface area contributed by atoms with Crippen molar-refractivity contribution >= 4 is 78.0 Å². The molecule has 0 N–H and O–H groups in total. The highest BCUT2D eigenvalue weighted by atomic mass is 127. The van der Waals surface area contributed by atoms with Crippen LogP contribution in [0.1, 0.15) is 5.56 Å². The number of hydrogen-bond donors (Lipinski definition) is 0. The van der Waals surface area contributed by atoms with E-state index in [1.165, 1.54) is 5.56 Å². The zero-order valence-corrected chi connectivity index (χ0v) is 15.2. The van der Waals surface area contributed by atoms with E-state index in [0.29, 0.717) is 0 Å². The lowest BCUT2D eigenvalue weighted by atomic mass is 10.1.